The lowest BCUT2D eigenvalue weighted by Gasteiger charge is -2.22. The minimum atomic E-state index is -0.0109. The van der Waals surface area contributed by atoms with E-state index in [9.17, 15) is 4.79 Å². The molecule has 0 amide bonds. The summed E-state index contributed by atoms with van der Waals surface area (Å²) >= 11 is 1.57. The zero-order chi connectivity index (χ0) is 22.1. The van der Waals surface area contributed by atoms with Crippen molar-refractivity contribution in [2.24, 2.45) is 0 Å². The van der Waals surface area contributed by atoms with Crippen LogP contribution in [0.5, 0.6) is 0 Å². The first-order valence-corrected chi connectivity index (χ1v) is 12.1. The zero-order valence-electron chi connectivity index (χ0n) is 18.6. The highest BCUT2D eigenvalue weighted by Gasteiger charge is 2.19. The van der Waals surface area contributed by atoms with E-state index in [4.69, 9.17) is 4.37 Å². The summed E-state index contributed by atoms with van der Waals surface area (Å²) in [5.74, 6) is 2.13. The van der Waals surface area contributed by atoms with E-state index in [2.05, 4.69) is 57.9 Å². The quantitative estimate of drug-likeness (QED) is 0.463. The van der Waals surface area contributed by atoms with Gasteiger partial charge in [-0.25, -0.2) is 9.97 Å². The van der Waals surface area contributed by atoms with E-state index in [0.717, 1.165) is 56.3 Å². The van der Waals surface area contributed by atoms with Crippen molar-refractivity contribution < 1.29 is 0 Å². The van der Waals surface area contributed by atoms with Gasteiger partial charge in [-0.05, 0) is 42.7 Å². The smallest absolute Gasteiger partial charge is 0.261 e. The fraction of sp³-hybridized carbons (Fsp3) is 0.417. The Hall–Kier alpha value is -2.84. The fourth-order valence-corrected chi connectivity index (χ4v) is 5.09. The molecule has 1 aromatic carbocycles. The van der Waals surface area contributed by atoms with E-state index in [-0.39, 0.29) is 11.5 Å². The van der Waals surface area contributed by atoms with Crippen LogP contribution in [0.1, 0.15) is 32.0 Å². The third-order valence-electron chi connectivity index (χ3n) is 6.16. The van der Waals surface area contributed by atoms with Crippen molar-refractivity contribution in [1.82, 2.24) is 23.8 Å². The molecule has 1 saturated heterocycles. The largest absolute Gasteiger partial charge is 0.354 e. The molecular weight excluding hydrogens is 420 g/mol. The van der Waals surface area contributed by atoms with Gasteiger partial charge in [0.1, 0.15) is 11.6 Å². The molecular formula is C24H28N6OS. The number of benzene rings is 1. The average Bonchev–Trinajstić information content (AvgIpc) is 3.10. The summed E-state index contributed by atoms with van der Waals surface area (Å²) in [4.78, 5) is 26.7. The van der Waals surface area contributed by atoms with Crippen LogP contribution in [0.2, 0.25) is 0 Å². The van der Waals surface area contributed by atoms with Crippen LogP contribution in [0.4, 0.5) is 5.82 Å². The molecule has 0 aliphatic carbocycles. The average molecular weight is 449 g/mol. The second kappa shape index (κ2) is 8.96. The first-order chi connectivity index (χ1) is 15.6. The molecule has 1 aliphatic heterocycles. The van der Waals surface area contributed by atoms with Crippen molar-refractivity contribution in [2.75, 3.05) is 37.6 Å². The number of rotatable bonds is 5. The third kappa shape index (κ3) is 4.12. The summed E-state index contributed by atoms with van der Waals surface area (Å²) in [7, 11) is 0. The van der Waals surface area contributed by atoms with Gasteiger partial charge in [0.25, 0.3) is 5.56 Å². The highest BCUT2D eigenvalue weighted by Crippen LogP contribution is 2.29. The molecule has 0 saturated carbocycles. The molecule has 0 spiro atoms. The van der Waals surface area contributed by atoms with Crippen LogP contribution >= 0.6 is 11.5 Å². The zero-order valence-corrected chi connectivity index (χ0v) is 19.4. The van der Waals surface area contributed by atoms with Crippen molar-refractivity contribution in [2.45, 2.75) is 32.7 Å². The number of fused-ring (bicyclic) bond motifs is 2. The van der Waals surface area contributed by atoms with Crippen molar-refractivity contribution >= 4 is 38.3 Å². The lowest BCUT2D eigenvalue weighted by Crippen LogP contribution is -2.34. The Morgan fingerprint density at radius 1 is 1.03 bits per heavy atom. The van der Waals surface area contributed by atoms with Crippen LogP contribution in [-0.4, -0.2) is 56.5 Å². The van der Waals surface area contributed by atoms with E-state index in [0.29, 0.717) is 11.9 Å². The maximum absolute atomic E-state index is 12.9. The van der Waals surface area contributed by atoms with Gasteiger partial charge in [-0.15, -0.1) is 0 Å². The van der Waals surface area contributed by atoms with Gasteiger partial charge in [-0.1, -0.05) is 26.0 Å². The van der Waals surface area contributed by atoms with Crippen LogP contribution < -0.4 is 10.5 Å². The van der Waals surface area contributed by atoms with Crippen molar-refractivity contribution in [3.05, 3.63) is 58.9 Å². The number of nitrogens with zero attached hydrogens (tertiary/aromatic N) is 6. The number of aromatic nitrogens is 4. The highest BCUT2D eigenvalue weighted by molar-refractivity contribution is 7.13. The molecule has 8 heteroatoms. The molecule has 1 fully saturated rings. The third-order valence-corrected chi connectivity index (χ3v) is 6.98. The topological polar surface area (TPSA) is 67.2 Å². The molecule has 7 nitrogen and oxygen atoms in total. The van der Waals surface area contributed by atoms with Gasteiger partial charge >= 0.3 is 0 Å². The minimum absolute atomic E-state index is 0.0109. The number of pyridine rings is 1. The van der Waals surface area contributed by atoms with Crippen LogP contribution in [-0.2, 0) is 6.54 Å². The lowest BCUT2D eigenvalue weighted by atomic mass is 10.2. The van der Waals surface area contributed by atoms with Gasteiger partial charge in [0.2, 0.25) is 0 Å². The number of hydrogen-bond acceptors (Lipinski definition) is 7. The van der Waals surface area contributed by atoms with Crippen molar-refractivity contribution in [3.8, 4) is 0 Å². The molecule has 0 radical (unpaired) electrons. The summed E-state index contributed by atoms with van der Waals surface area (Å²) in [6, 6.07) is 10.4. The predicted octanol–water partition coefficient (Wildman–Crippen LogP) is 3.74. The van der Waals surface area contributed by atoms with Crippen molar-refractivity contribution in [1.29, 1.82) is 0 Å². The second-order valence-corrected chi connectivity index (χ2v) is 9.49. The standard InChI is InChI=1S/C24H28N6OS/c1-17(2)22-25-16-19-20(26-22)8-11-30(24(19)31)15-13-28-9-5-10-29(14-12-28)23-18-6-3-4-7-21(18)32-27-23/h3-4,6-8,11,16-17H,5,9-10,12-15H2,1-2H3. The normalized spacial score (nSPS) is 15.7. The Morgan fingerprint density at radius 3 is 2.78 bits per heavy atom. The fourth-order valence-electron chi connectivity index (χ4n) is 4.29. The van der Waals surface area contributed by atoms with E-state index in [1.807, 2.05) is 12.3 Å². The molecule has 4 aromatic rings. The molecule has 0 unspecified atom stereocenters. The molecule has 0 bridgehead atoms. The molecule has 1 aliphatic rings. The van der Waals surface area contributed by atoms with Gasteiger partial charge in [0.15, 0.2) is 0 Å². The molecule has 0 atom stereocenters. The van der Waals surface area contributed by atoms with Gasteiger partial charge in [0.05, 0.1) is 15.6 Å². The molecule has 4 heterocycles. The van der Waals surface area contributed by atoms with E-state index >= 15 is 0 Å². The summed E-state index contributed by atoms with van der Waals surface area (Å²) in [5, 5.41) is 1.84. The Bertz CT molecular complexity index is 1300. The number of anilines is 1. The van der Waals surface area contributed by atoms with Gasteiger partial charge in [-0.3, -0.25) is 9.69 Å². The predicted molar refractivity (Wildman–Crippen MR) is 131 cm³/mol. The van der Waals surface area contributed by atoms with Crippen LogP contribution in [0, 0.1) is 0 Å². The van der Waals surface area contributed by atoms with E-state index in [1.165, 1.54) is 10.1 Å². The van der Waals surface area contributed by atoms with Gasteiger partial charge in [-0.2, -0.15) is 4.37 Å². The summed E-state index contributed by atoms with van der Waals surface area (Å²) in [6.45, 7) is 9.59. The maximum Gasteiger partial charge on any atom is 0.261 e. The lowest BCUT2D eigenvalue weighted by molar-refractivity contribution is 0.280. The highest BCUT2D eigenvalue weighted by atomic mass is 32.1. The summed E-state index contributed by atoms with van der Waals surface area (Å²) in [5.41, 5.74) is 0.717. The molecule has 166 valence electrons. The van der Waals surface area contributed by atoms with E-state index < -0.39 is 0 Å². The number of hydrogen-bond donors (Lipinski definition) is 0. The van der Waals surface area contributed by atoms with Crippen molar-refractivity contribution in [3.63, 3.8) is 0 Å². The Morgan fingerprint density at radius 2 is 1.91 bits per heavy atom. The summed E-state index contributed by atoms with van der Waals surface area (Å²) in [6.07, 6.45) is 4.64. The Labute approximate surface area is 191 Å². The molecule has 5 rings (SSSR count). The first kappa shape index (κ1) is 21.0. The monoisotopic (exact) mass is 448 g/mol. The SMILES string of the molecule is CC(C)c1ncc2c(=O)n(CCN3CCCN(c4nsc5ccccc45)CC3)ccc2n1. The second-order valence-electron chi connectivity index (χ2n) is 8.68. The summed E-state index contributed by atoms with van der Waals surface area (Å²) < 4.78 is 7.76. The minimum Gasteiger partial charge on any atom is -0.354 e. The van der Waals surface area contributed by atoms with E-state index in [1.54, 1.807) is 22.3 Å². The van der Waals surface area contributed by atoms with Crippen LogP contribution in [0.3, 0.4) is 0 Å². The van der Waals surface area contributed by atoms with Crippen LogP contribution in [0.25, 0.3) is 21.0 Å². The Balaban J connectivity index is 1.25. The molecule has 32 heavy (non-hydrogen) atoms. The van der Waals surface area contributed by atoms with Crippen LogP contribution in [0.15, 0.2) is 47.5 Å². The van der Waals surface area contributed by atoms with Gasteiger partial charge in [0, 0.05) is 56.4 Å². The Kier molecular flexibility index (Phi) is 5.89. The first-order valence-electron chi connectivity index (χ1n) is 11.3. The maximum atomic E-state index is 12.9. The molecule has 3 aromatic heterocycles. The van der Waals surface area contributed by atoms with Gasteiger partial charge < -0.3 is 9.47 Å². The molecule has 0 N–H and O–H groups in total.